The monoisotopic (exact) mass is 366 g/mol. The van der Waals surface area contributed by atoms with Gasteiger partial charge in [0.25, 0.3) is 0 Å². The van der Waals surface area contributed by atoms with Gasteiger partial charge in [-0.05, 0) is 11.6 Å². The van der Waals surface area contributed by atoms with Gasteiger partial charge in [0.05, 0.1) is 6.54 Å². The minimum Gasteiger partial charge on any atom is -0.488 e. The molecule has 4 rings (SSSR count). The molecule has 0 aliphatic carbocycles. The number of nitrogens with zero attached hydrogens (tertiary/aromatic N) is 3. The van der Waals surface area contributed by atoms with E-state index in [1.807, 2.05) is 48.5 Å². The van der Waals surface area contributed by atoms with Crippen LogP contribution in [0.25, 0.3) is 11.4 Å². The number of carbonyl (C=O) groups excluding carboxylic acids is 1. The number of hydrogen-bond acceptors (Lipinski definition) is 5. The molecule has 2 heterocycles. The van der Waals surface area contributed by atoms with E-state index >= 15 is 0 Å². The fourth-order valence-corrected chi connectivity index (χ4v) is 3.49. The van der Waals surface area contributed by atoms with Gasteiger partial charge in [-0.15, -0.1) is 0 Å². The van der Waals surface area contributed by atoms with Crippen molar-refractivity contribution in [3.63, 3.8) is 0 Å². The highest BCUT2D eigenvalue weighted by atomic mass is 32.1. The van der Waals surface area contributed by atoms with Crippen LogP contribution >= 0.6 is 11.5 Å². The predicted molar refractivity (Wildman–Crippen MR) is 102 cm³/mol. The van der Waals surface area contributed by atoms with Crippen molar-refractivity contribution >= 4 is 22.7 Å². The molecular formula is C19H18N4O2S. The molecule has 0 radical (unpaired) electrons. The van der Waals surface area contributed by atoms with E-state index in [-0.39, 0.29) is 12.1 Å². The minimum absolute atomic E-state index is 0.0301. The van der Waals surface area contributed by atoms with Crippen LogP contribution in [0.1, 0.15) is 5.56 Å². The van der Waals surface area contributed by atoms with Crippen molar-refractivity contribution in [2.24, 2.45) is 0 Å². The van der Waals surface area contributed by atoms with E-state index in [1.54, 1.807) is 11.9 Å². The third kappa shape index (κ3) is 3.52. The molecule has 2 amide bonds. The van der Waals surface area contributed by atoms with E-state index in [9.17, 15) is 4.79 Å². The van der Waals surface area contributed by atoms with Crippen LogP contribution in [0.3, 0.4) is 0 Å². The first-order chi connectivity index (χ1) is 12.7. The number of benzene rings is 2. The lowest BCUT2D eigenvalue weighted by Gasteiger charge is -2.20. The summed E-state index contributed by atoms with van der Waals surface area (Å²) in [6.07, 6.45) is 0.780. The highest BCUT2D eigenvalue weighted by molar-refractivity contribution is 7.10. The van der Waals surface area contributed by atoms with Crippen LogP contribution in [0.15, 0.2) is 54.6 Å². The maximum Gasteiger partial charge on any atom is 0.323 e. The minimum atomic E-state index is -0.222. The number of amides is 2. The van der Waals surface area contributed by atoms with E-state index in [0.29, 0.717) is 17.5 Å². The summed E-state index contributed by atoms with van der Waals surface area (Å²) in [5, 5.41) is 3.29. The van der Waals surface area contributed by atoms with Crippen molar-refractivity contribution in [1.82, 2.24) is 14.3 Å². The molecule has 1 N–H and O–H groups in total. The van der Waals surface area contributed by atoms with Gasteiger partial charge < -0.3 is 9.64 Å². The average molecular weight is 366 g/mol. The first-order valence-electron chi connectivity index (χ1n) is 8.35. The summed E-state index contributed by atoms with van der Waals surface area (Å²) >= 11 is 1.17. The SMILES string of the molecule is CN(C[C@H]1Cc2ccccc2O1)C(=O)Nc1nc(-c2ccccc2)ns1. The summed E-state index contributed by atoms with van der Waals surface area (Å²) in [6.45, 7) is 0.505. The zero-order valence-corrected chi connectivity index (χ0v) is 15.1. The van der Waals surface area contributed by atoms with Gasteiger partial charge in [0.2, 0.25) is 5.13 Å². The molecule has 0 spiro atoms. The number of carbonyl (C=O) groups is 1. The number of aromatic nitrogens is 2. The molecule has 1 aromatic heterocycles. The summed E-state index contributed by atoms with van der Waals surface area (Å²) < 4.78 is 10.2. The van der Waals surface area contributed by atoms with Crippen molar-refractivity contribution < 1.29 is 9.53 Å². The molecule has 26 heavy (non-hydrogen) atoms. The van der Waals surface area contributed by atoms with Crippen molar-refractivity contribution in [3.05, 3.63) is 60.2 Å². The lowest BCUT2D eigenvalue weighted by molar-refractivity contribution is 0.172. The molecule has 1 aliphatic rings. The van der Waals surface area contributed by atoms with Crippen LogP contribution in [0.5, 0.6) is 5.75 Å². The summed E-state index contributed by atoms with van der Waals surface area (Å²) in [6, 6.07) is 17.4. The quantitative estimate of drug-likeness (QED) is 0.765. The summed E-state index contributed by atoms with van der Waals surface area (Å²) in [7, 11) is 1.75. The van der Waals surface area contributed by atoms with E-state index in [1.165, 1.54) is 17.1 Å². The number of para-hydroxylation sites is 1. The number of ether oxygens (including phenoxy) is 1. The Morgan fingerprint density at radius 2 is 2.00 bits per heavy atom. The molecule has 6 nitrogen and oxygen atoms in total. The molecule has 0 bridgehead atoms. The van der Waals surface area contributed by atoms with Crippen LogP contribution in [0.2, 0.25) is 0 Å². The molecule has 3 aromatic rings. The second-order valence-electron chi connectivity index (χ2n) is 6.15. The Morgan fingerprint density at radius 3 is 2.81 bits per heavy atom. The van der Waals surface area contributed by atoms with Crippen molar-refractivity contribution in [2.45, 2.75) is 12.5 Å². The van der Waals surface area contributed by atoms with Gasteiger partial charge in [0.15, 0.2) is 5.82 Å². The number of nitrogens with one attached hydrogen (secondary N) is 1. The molecule has 7 heteroatoms. The number of rotatable bonds is 4. The summed E-state index contributed by atoms with van der Waals surface area (Å²) in [5.41, 5.74) is 2.11. The Bertz CT molecular complexity index is 888. The number of urea groups is 1. The van der Waals surface area contributed by atoms with Crippen LogP contribution in [-0.4, -0.2) is 40.0 Å². The van der Waals surface area contributed by atoms with Crippen molar-refractivity contribution in [1.29, 1.82) is 0 Å². The maximum atomic E-state index is 12.4. The van der Waals surface area contributed by atoms with Crippen molar-refractivity contribution in [2.75, 3.05) is 18.9 Å². The molecule has 0 saturated carbocycles. The van der Waals surface area contributed by atoms with Gasteiger partial charge >= 0.3 is 6.03 Å². The summed E-state index contributed by atoms with van der Waals surface area (Å²) in [4.78, 5) is 18.4. The lowest BCUT2D eigenvalue weighted by atomic mass is 10.1. The van der Waals surface area contributed by atoms with Gasteiger partial charge in [-0.3, -0.25) is 5.32 Å². The Hall–Kier alpha value is -2.93. The van der Waals surface area contributed by atoms with E-state index in [2.05, 4.69) is 20.7 Å². The van der Waals surface area contributed by atoms with Gasteiger partial charge in [-0.2, -0.15) is 9.36 Å². The molecule has 2 aromatic carbocycles. The Balaban J connectivity index is 1.34. The first kappa shape index (κ1) is 16.5. The smallest absolute Gasteiger partial charge is 0.323 e. The number of hydrogen-bond donors (Lipinski definition) is 1. The van der Waals surface area contributed by atoms with Crippen LogP contribution in [0.4, 0.5) is 9.93 Å². The lowest BCUT2D eigenvalue weighted by Crippen LogP contribution is -2.38. The second-order valence-corrected chi connectivity index (χ2v) is 6.90. The van der Waals surface area contributed by atoms with Gasteiger partial charge in [-0.1, -0.05) is 48.5 Å². The fraction of sp³-hybridized carbons (Fsp3) is 0.211. The number of anilines is 1. The van der Waals surface area contributed by atoms with Crippen molar-refractivity contribution in [3.8, 4) is 17.1 Å². The molecule has 132 valence electrons. The van der Waals surface area contributed by atoms with Crippen LogP contribution in [0, 0.1) is 0 Å². The highest BCUT2D eigenvalue weighted by Gasteiger charge is 2.25. The zero-order chi connectivity index (χ0) is 17.9. The molecule has 0 saturated heterocycles. The second kappa shape index (κ2) is 7.13. The predicted octanol–water partition coefficient (Wildman–Crippen LogP) is 3.67. The van der Waals surface area contributed by atoms with Crippen LogP contribution in [-0.2, 0) is 6.42 Å². The molecular weight excluding hydrogens is 348 g/mol. The Morgan fingerprint density at radius 1 is 1.23 bits per heavy atom. The van der Waals surface area contributed by atoms with Crippen LogP contribution < -0.4 is 10.1 Å². The molecule has 0 fully saturated rings. The molecule has 0 unspecified atom stereocenters. The van der Waals surface area contributed by atoms with E-state index in [0.717, 1.165) is 17.7 Å². The normalized spacial score (nSPS) is 15.2. The Labute approximate surface area is 155 Å². The standard InChI is InChI=1S/C19H18N4O2S/c1-23(12-15-11-14-9-5-6-10-16(14)25-15)19(24)21-18-20-17(22-26-18)13-7-3-2-4-8-13/h2-10,15H,11-12H2,1H3,(H,20,21,22,24)/t15-/m1/s1. The average Bonchev–Trinajstić information content (AvgIpc) is 3.28. The summed E-state index contributed by atoms with van der Waals surface area (Å²) in [5.74, 6) is 1.52. The largest absolute Gasteiger partial charge is 0.488 e. The number of likely N-dealkylation sites (N-methyl/N-ethyl adjacent to an activating group) is 1. The topological polar surface area (TPSA) is 67.3 Å². The van der Waals surface area contributed by atoms with E-state index < -0.39 is 0 Å². The fourth-order valence-electron chi connectivity index (χ4n) is 2.91. The third-order valence-corrected chi connectivity index (χ3v) is 4.84. The molecule has 1 aliphatic heterocycles. The highest BCUT2D eigenvalue weighted by Crippen LogP contribution is 2.28. The Kier molecular flexibility index (Phi) is 4.53. The van der Waals surface area contributed by atoms with Gasteiger partial charge in [0, 0.05) is 30.6 Å². The van der Waals surface area contributed by atoms with Gasteiger partial charge in [-0.25, -0.2) is 4.79 Å². The van der Waals surface area contributed by atoms with E-state index in [4.69, 9.17) is 4.74 Å². The van der Waals surface area contributed by atoms with Gasteiger partial charge in [0.1, 0.15) is 11.9 Å². The number of fused-ring (bicyclic) bond motifs is 1. The molecule has 1 atom stereocenters. The first-order valence-corrected chi connectivity index (χ1v) is 9.12. The third-order valence-electron chi connectivity index (χ3n) is 4.21. The maximum absolute atomic E-state index is 12.4. The zero-order valence-electron chi connectivity index (χ0n) is 14.3.